The van der Waals surface area contributed by atoms with Gasteiger partial charge in [-0.15, -0.1) is 11.6 Å². The number of carbonyl (C=O) groups is 1. The minimum atomic E-state index is -0.475. The largest absolute Gasteiger partial charge is 0.463 e. The number of allylic oxidation sites excluding steroid dienone is 2. The highest BCUT2D eigenvalue weighted by Crippen LogP contribution is 2.45. The molecule has 2 rings (SSSR count). The Balaban J connectivity index is 1.88. The predicted octanol–water partition coefficient (Wildman–Crippen LogP) is 5.02. The lowest BCUT2D eigenvalue weighted by Crippen LogP contribution is -2.18. The van der Waals surface area contributed by atoms with Gasteiger partial charge >= 0.3 is 5.97 Å². The third kappa shape index (κ3) is 8.51. The van der Waals surface area contributed by atoms with Gasteiger partial charge < -0.3 is 20.1 Å². The number of alkyl halides is 1. The summed E-state index contributed by atoms with van der Waals surface area (Å²) in [6.07, 6.45) is 10.4. The monoisotopic (exact) mass is 466 g/mol. The lowest BCUT2D eigenvalue weighted by Gasteiger charge is -2.23. The maximum Gasteiger partial charge on any atom is 0.305 e. The van der Waals surface area contributed by atoms with Gasteiger partial charge in [0.15, 0.2) is 0 Å². The smallest absolute Gasteiger partial charge is 0.305 e. The Bertz CT molecular complexity index is 690. The number of benzene rings is 1. The summed E-state index contributed by atoms with van der Waals surface area (Å²) in [4.78, 5) is 11.4. The van der Waals surface area contributed by atoms with Crippen LogP contribution in [-0.4, -0.2) is 46.0 Å². The van der Waals surface area contributed by atoms with E-state index < -0.39 is 12.2 Å². The molecule has 0 heterocycles. The minimum Gasteiger partial charge on any atom is -0.463 e. The van der Waals surface area contributed by atoms with Crippen LogP contribution in [0, 0.1) is 5.92 Å². The highest BCUT2D eigenvalue weighted by molar-refractivity contribution is 6.21. The fourth-order valence-electron chi connectivity index (χ4n) is 4.49. The molecule has 0 aliphatic heterocycles. The predicted molar refractivity (Wildman–Crippen MR) is 128 cm³/mol. The first kappa shape index (κ1) is 26.8. The van der Waals surface area contributed by atoms with Crippen molar-refractivity contribution < 1.29 is 24.9 Å². The van der Waals surface area contributed by atoms with Gasteiger partial charge in [-0.25, -0.2) is 0 Å². The average molecular weight is 467 g/mol. The summed E-state index contributed by atoms with van der Waals surface area (Å²) in [5, 5.41) is 29.6. The average Bonchev–Trinajstić information content (AvgIpc) is 3.07. The molecule has 1 aliphatic carbocycles. The molecule has 180 valence electrons. The lowest BCUT2D eigenvalue weighted by atomic mass is 9.84. The summed E-state index contributed by atoms with van der Waals surface area (Å²) in [6, 6.07) is 8.00. The Hall–Kier alpha value is -1.40. The molecular weight excluding hydrogens is 428 g/mol. The van der Waals surface area contributed by atoms with E-state index in [2.05, 4.69) is 19.1 Å². The fourth-order valence-corrected chi connectivity index (χ4v) is 4.93. The first-order valence-corrected chi connectivity index (χ1v) is 12.4. The van der Waals surface area contributed by atoms with E-state index in [9.17, 15) is 15.0 Å². The van der Waals surface area contributed by atoms with Gasteiger partial charge in [0.25, 0.3) is 0 Å². The Labute approximate surface area is 197 Å². The first-order valence-electron chi connectivity index (χ1n) is 12.0. The molecule has 0 bridgehead atoms. The van der Waals surface area contributed by atoms with Crippen molar-refractivity contribution >= 4 is 17.6 Å². The summed E-state index contributed by atoms with van der Waals surface area (Å²) in [6.45, 7) is 2.05. The van der Waals surface area contributed by atoms with Crippen LogP contribution in [-0.2, 0) is 9.53 Å². The Morgan fingerprint density at radius 1 is 1.22 bits per heavy atom. The molecule has 1 aromatic rings. The number of hydrogen-bond donors (Lipinski definition) is 3. The normalized spacial score (nSPS) is 24.2. The molecule has 1 fully saturated rings. The van der Waals surface area contributed by atoms with Crippen LogP contribution >= 0.6 is 11.6 Å². The van der Waals surface area contributed by atoms with E-state index >= 15 is 0 Å². The molecule has 0 spiro atoms. The van der Waals surface area contributed by atoms with Crippen molar-refractivity contribution in [1.82, 2.24) is 0 Å². The molecule has 0 amide bonds. The van der Waals surface area contributed by atoms with Crippen LogP contribution in [0.5, 0.6) is 0 Å². The van der Waals surface area contributed by atoms with Crippen molar-refractivity contribution in [3.63, 3.8) is 0 Å². The van der Waals surface area contributed by atoms with Gasteiger partial charge in [0, 0.05) is 17.7 Å². The third-order valence-corrected chi connectivity index (χ3v) is 6.78. The van der Waals surface area contributed by atoms with Crippen LogP contribution in [0.1, 0.15) is 87.9 Å². The van der Waals surface area contributed by atoms with Crippen LogP contribution in [0.15, 0.2) is 36.4 Å². The van der Waals surface area contributed by atoms with Crippen molar-refractivity contribution in [2.75, 3.05) is 13.2 Å². The van der Waals surface area contributed by atoms with E-state index in [1.807, 2.05) is 24.3 Å². The summed E-state index contributed by atoms with van der Waals surface area (Å²) in [5.74, 6) is -0.175. The van der Waals surface area contributed by atoms with Gasteiger partial charge in [-0.2, -0.15) is 0 Å². The zero-order valence-electron chi connectivity index (χ0n) is 19.2. The molecule has 3 N–H and O–H groups in total. The van der Waals surface area contributed by atoms with Crippen LogP contribution < -0.4 is 0 Å². The SMILES string of the molecule is CCCCCC(O)c1ccc([C@@H]2[C@@H](C/C=C\CCCC(=O)OCCO)[C@H](Cl)C[C@H]2O)cc1. The Morgan fingerprint density at radius 3 is 2.66 bits per heavy atom. The van der Waals surface area contributed by atoms with Crippen molar-refractivity contribution in [2.45, 2.75) is 88.2 Å². The number of hydrogen-bond acceptors (Lipinski definition) is 5. The molecule has 32 heavy (non-hydrogen) atoms. The summed E-state index contributed by atoms with van der Waals surface area (Å²) in [5.41, 5.74) is 1.99. The quantitative estimate of drug-likeness (QED) is 0.155. The maximum absolute atomic E-state index is 11.4. The summed E-state index contributed by atoms with van der Waals surface area (Å²) < 4.78 is 4.84. The molecule has 1 aliphatic rings. The van der Waals surface area contributed by atoms with Gasteiger partial charge in [0.05, 0.1) is 18.8 Å². The summed E-state index contributed by atoms with van der Waals surface area (Å²) in [7, 11) is 0. The molecular formula is C26H39ClO5. The second-order valence-corrected chi connectivity index (χ2v) is 9.29. The Morgan fingerprint density at radius 2 is 1.97 bits per heavy atom. The van der Waals surface area contributed by atoms with Gasteiger partial charge in [0.1, 0.15) is 6.61 Å². The molecule has 0 aromatic heterocycles. The highest BCUT2D eigenvalue weighted by Gasteiger charge is 2.41. The molecule has 5 atom stereocenters. The van der Waals surface area contributed by atoms with E-state index in [1.54, 1.807) is 0 Å². The molecule has 1 saturated carbocycles. The molecule has 0 saturated heterocycles. The van der Waals surface area contributed by atoms with Crippen LogP contribution in [0.3, 0.4) is 0 Å². The number of rotatable bonds is 14. The van der Waals surface area contributed by atoms with E-state index in [0.717, 1.165) is 49.7 Å². The van der Waals surface area contributed by atoms with Crippen LogP contribution in [0.25, 0.3) is 0 Å². The number of aliphatic hydroxyl groups is 3. The molecule has 0 radical (unpaired) electrons. The zero-order valence-corrected chi connectivity index (χ0v) is 19.9. The van der Waals surface area contributed by atoms with Crippen LogP contribution in [0.4, 0.5) is 0 Å². The molecule has 1 unspecified atom stereocenters. The van der Waals surface area contributed by atoms with Gasteiger partial charge in [-0.1, -0.05) is 62.6 Å². The van der Waals surface area contributed by atoms with Crippen molar-refractivity contribution in [3.05, 3.63) is 47.5 Å². The Kier molecular flexibility index (Phi) is 12.3. The second kappa shape index (κ2) is 14.7. The van der Waals surface area contributed by atoms with Crippen molar-refractivity contribution in [2.24, 2.45) is 5.92 Å². The van der Waals surface area contributed by atoms with Crippen molar-refractivity contribution in [3.8, 4) is 0 Å². The van der Waals surface area contributed by atoms with E-state index in [1.165, 1.54) is 0 Å². The number of carbonyl (C=O) groups excluding carboxylic acids is 1. The summed E-state index contributed by atoms with van der Waals surface area (Å²) >= 11 is 6.59. The van der Waals surface area contributed by atoms with E-state index in [-0.39, 0.29) is 36.4 Å². The van der Waals surface area contributed by atoms with Gasteiger partial charge in [-0.05, 0) is 49.1 Å². The highest BCUT2D eigenvalue weighted by atomic mass is 35.5. The third-order valence-electron chi connectivity index (χ3n) is 6.28. The molecule has 1 aromatic carbocycles. The first-order chi connectivity index (χ1) is 15.5. The van der Waals surface area contributed by atoms with Crippen LogP contribution in [0.2, 0.25) is 0 Å². The molecule has 5 nitrogen and oxygen atoms in total. The zero-order chi connectivity index (χ0) is 23.3. The topological polar surface area (TPSA) is 87.0 Å². The fraction of sp³-hybridized carbons (Fsp3) is 0.654. The van der Waals surface area contributed by atoms with E-state index in [0.29, 0.717) is 19.3 Å². The lowest BCUT2D eigenvalue weighted by molar-refractivity contribution is -0.144. The number of halogens is 1. The molecule has 6 heteroatoms. The second-order valence-electron chi connectivity index (χ2n) is 8.73. The van der Waals surface area contributed by atoms with E-state index in [4.69, 9.17) is 21.4 Å². The number of esters is 1. The minimum absolute atomic E-state index is 0.0260. The van der Waals surface area contributed by atoms with Crippen molar-refractivity contribution in [1.29, 1.82) is 0 Å². The van der Waals surface area contributed by atoms with Gasteiger partial charge in [-0.3, -0.25) is 4.79 Å². The number of ether oxygens (including phenoxy) is 1. The number of aliphatic hydroxyl groups excluding tert-OH is 3. The van der Waals surface area contributed by atoms with Gasteiger partial charge in [0.2, 0.25) is 0 Å². The standard InChI is InChI=1S/C26H39ClO5/c1-2-3-6-10-23(29)19-12-14-20(15-13-19)26-21(22(27)18-24(26)30)9-7-4-5-8-11-25(31)32-17-16-28/h4,7,12-15,21-24,26,28-30H,2-3,5-6,8-11,16-18H2,1H3/b7-4-/t21-,22+,23?,24+,26+/m0/s1. The number of unbranched alkanes of at least 4 members (excludes halogenated alkanes) is 3. The maximum atomic E-state index is 11.4.